The predicted molar refractivity (Wildman–Crippen MR) is 91.3 cm³/mol. The van der Waals surface area contributed by atoms with E-state index in [-0.39, 0.29) is 18.0 Å². The molecule has 5 nitrogen and oxygen atoms in total. The topological polar surface area (TPSA) is 64.6 Å². The molecule has 0 radical (unpaired) electrons. The van der Waals surface area contributed by atoms with Gasteiger partial charge in [0.25, 0.3) is 0 Å². The fourth-order valence-electron chi connectivity index (χ4n) is 2.17. The quantitative estimate of drug-likeness (QED) is 0.655. The van der Waals surface area contributed by atoms with E-state index in [1.807, 2.05) is 42.5 Å². The van der Waals surface area contributed by atoms with E-state index in [4.69, 9.17) is 9.47 Å². The van der Waals surface area contributed by atoms with Crippen molar-refractivity contribution in [3.8, 4) is 5.75 Å². The Hall–Kier alpha value is -3.08. The van der Waals surface area contributed by atoms with E-state index >= 15 is 0 Å². The summed E-state index contributed by atoms with van der Waals surface area (Å²) >= 11 is 0. The number of hydrogen-bond donors (Lipinski definition) is 1. The standard InChI is InChI=1S/C19H19NO4/c1-23-17-11-7-6-10-15(17)13-16(19(22)24-2)20-18(21)12-14-8-4-3-5-9-14/h3-11,13H,12H2,1-2H3,(H,20,21)/b16-13-. The fraction of sp³-hybridized carbons (Fsp3) is 0.158. The lowest BCUT2D eigenvalue weighted by molar-refractivity contribution is -0.137. The number of hydrogen-bond acceptors (Lipinski definition) is 4. The predicted octanol–water partition coefficient (Wildman–Crippen LogP) is 2.57. The zero-order chi connectivity index (χ0) is 17.4. The summed E-state index contributed by atoms with van der Waals surface area (Å²) in [7, 11) is 2.81. The highest BCUT2D eigenvalue weighted by atomic mass is 16.5. The van der Waals surface area contributed by atoms with Gasteiger partial charge in [-0.1, -0.05) is 48.5 Å². The highest BCUT2D eigenvalue weighted by Crippen LogP contribution is 2.20. The molecule has 1 amide bonds. The Bertz CT molecular complexity index is 738. The number of para-hydroxylation sites is 1. The Balaban J connectivity index is 2.21. The Morgan fingerprint density at radius 1 is 1.00 bits per heavy atom. The monoisotopic (exact) mass is 325 g/mol. The van der Waals surface area contributed by atoms with Gasteiger partial charge in [0, 0.05) is 5.56 Å². The van der Waals surface area contributed by atoms with E-state index in [2.05, 4.69) is 5.32 Å². The van der Waals surface area contributed by atoms with Crippen LogP contribution in [0.3, 0.4) is 0 Å². The van der Waals surface area contributed by atoms with Gasteiger partial charge in [0.1, 0.15) is 11.4 Å². The van der Waals surface area contributed by atoms with Crippen LogP contribution in [-0.4, -0.2) is 26.1 Å². The molecular formula is C19H19NO4. The SMILES string of the molecule is COC(=O)/C(=C/c1ccccc1OC)NC(=O)Cc1ccccc1. The summed E-state index contributed by atoms with van der Waals surface area (Å²) in [5.41, 5.74) is 1.58. The summed E-state index contributed by atoms with van der Waals surface area (Å²) in [6, 6.07) is 16.5. The van der Waals surface area contributed by atoms with Crippen molar-refractivity contribution in [1.82, 2.24) is 5.32 Å². The first-order chi connectivity index (χ1) is 11.6. The lowest BCUT2D eigenvalue weighted by Crippen LogP contribution is -2.29. The van der Waals surface area contributed by atoms with Gasteiger partial charge in [-0.25, -0.2) is 4.79 Å². The van der Waals surface area contributed by atoms with E-state index in [0.29, 0.717) is 11.3 Å². The van der Waals surface area contributed by atoms with E-state index in [1.54, 1.807) is 19.2 Å². The van der Waals surface area contributed by atoms with Gasteiger partial charge >= 0.3 is 5.97 Å². The van der Waals surface area contributed by atoms with Gasteiger partial charge in [-0.3, -0.25) is 4.79 Å². The van der Waals surface area contributed by atoms with Crippen LogP contribution in [-0.2, 0) is 20.7 Å². The Morgan fingerprint density at radius 2 is 1.67 bits per heavy atom. The molecule has 0 unspecified atom stereocenters. The number of methoxy groups -OCH3 is 2. The maximum atomic E-state index is 12.2. The fourth-order valence-corrected chi connectivity index (χ4v) is 2.17. The molecule has 0 fully saturated rings. The third-order valence-corrected chi connectivity index (χ3v) is 3.33. The molecule has 5 heteroatoms. The lowest BCUT2D eigenvalue weighted by Gasteiger charge is -2.10. The minimum atomic E-state index is -0.623. The van der Waals surface area contributed by atoms with Crippen LogP contribution >= 0.6 is 0 Å². The van der Waals surface area contributed by atoms with E-state index in [1.165, 1.54) is 13.2 Å². The van der Waals surface area contributed by atoms with Crippen LogP contribution in [0.15, 0.2) is 60.3 Å². The number of nitrogens with one attached hydrogen (secondary N) is 1. The molecule has 124 valence electrons. The molecule has 0 heterocycles. The number of ether oxygens (including phenoxy) is 2. The van der Waals surface area contributed by atoms with E-state index in [9.17, 15) is 9.59 Å². The van der Waals surface area contributed by atoms with Crippen LogP contribution < -0.4 is 10.1 Å². The van der Waals surface area contributed by atoms with E-state index < -0.39 is 5.97 Å². The molecule has 0 aliphatic carbocycles. The van der Waals surface area contributed by atoms with Crippen LogP contribution in [0.5, 0.6) is 5.75 Å². The molecular weight excluding hydrogens is 306 g/mol. The Morgan fingerprint density at radius 3 is 2.33 bits per heavy atom. The minimum Gasteiger partial charge on any atom is -0.496 e. The second-order valence-corrected chi connectivity index (χ2v) is 5.00. The molecule has 0 spiro atoms. The van der Waals surface area contributed by atoms with Gasteiger partial charge in [0.15, 0.2) is 0 Å². The van der Waals surface area contributed by atoms with Crippen molar-refractivity contribution in [1.29, 1.82) is 0 Å². The molecule has 0 bridgehead atoms. The normalized spacial score (nSPS) is 10.8. The Labute approximate surface area is 140 Å². The van der Waals surface area contributed by atoms with Crippen molar-refractivity contribution in [2.45, 2.75) is 6.42 Å². The number of carbonyl (C=O) groups excluding carboxylic acids is 2. The van der Waals surface area contributed by atoms with E-state index in [0.717, 1.165) is 5.56 Å². The molecule has 2 aromatic rings. The molecule has 2 aromatic carbocycles. The van der Waals surface area contributed by atoms with Gasteiger partial charge in [0.05, 0.1) is 20.6 Å². The minimum absolute atomic E-state index is 0.0583. The highest BCUT2D eigenvalue weighted by molar-refractivity contribution is 5.98. The van der Waals surface area contributed by atoms with Crippen LogP contribution in [0.25, 0.3) is 6.08 Å². The van der Waals surface area contributed by atoms with Crippen molar-refractivity contribution < 1.29 is 19.1 Å². The smallest absolute Gasteiger partial charge is 0.354 e. The average Bonchev–Trinajstić information content (AvgIpc) is 2.61. The molecule has 0 saturated heterocycles. The summed E-state index contributed by atoms with van der Waals surface area (Å²) in [5.74, 6) is -0.328. The van der Waals surface area contributed by atoms with Gasteiger partial charge in [-0.15, -0.1) is 0 Å². The largest absolute Gasteiger partial charge is 0.496 e. The Kier molecular flexibility index (Phi) is 6.14. The summed E-state index contributed by atoms with van der Waals surface area (Å²) in [4.78, 5) is 24.2. The van der Waals surface area contributed by atoms with Gasteiger partial charge < -0.3 is 14.8 Å². The number of amides is 1. The first-order valence-corrected chi connectivity index (χ1v) is 7.41. The van der Waals surface area contributed by atoms with Crippen LogP contribution in [0, 0.1) is 0 Å². The zero-order valence-corrected chi connectivity index (χ0v) is 13.6. The van der Waals surface area contributed by atoms with Crippen molar-refractivity contribution in [3.05, 3.63) is 71.4 Å². The van der Waals surface area contributed by atoms with Crippen LogP contribution in [0.1, 0.15) is 11.1 Å². The van der Waals surface area contributed by atoms with Crippen LogP contribution in [0.2, 0.25) is 0 Å². The summed E-state index contributed by atoms with van der Waals surface area (Å²) in [6.07, 6.45) is 1.70. The maximum Gasteiger partial charge on any atom is 0.354 e. The summed E-state index contributed by atoms with van der Waals surface area (Å²) < 4.78 is 10.00. The van der Waals surface area contributed by atoms with Crippen LogP contribution in [0.4, 0.5) is 0 Å². The average molecular weight is 325 g/mol. The molecule has 24 heavy (non-hydrogen) atoms. The lowest BCUT2D eigenvalue weighted by atomic mass is 10.1. The highest BCUT2D eigenvalue weighted by Gasteiger charge is 2.15. The first-order valence-electron chi connectivity index (χ1n) is 7.41. The summed E-state index contributed by atoms with van der Waals surface area (Å²) in [5, 5.41) is 2.61. The van der Waals surface area contributed by atoms with Gasteiger partial charge in [0.2, 0.25) is 5.91 Å². The first kappa shape index (κ1) is 17.3. The molecule has 0 aromatic heterocycles. The molecule has 1 N–H and O–H groups in total. The van der Waals surface area contributed by atoms with Crippen molar-refractivity contribution in [3.63, 3.8) is 0 Å². The molecule has 0 aliphatic heterocycles. The summed E-state index contributed by atoms with van der Waals surface area (Å²) in [6.45, 7) is 0. The third-order valence-electron chi connectivity index (χ3n) is 3.33. The van der Waals surface area contributed by atoms with Gasteiger partial charge in [-0.05, 0) is 17.7 Å². The molecule has 2 rings (SSSR count). The zero-order valence-electron chi connectivity index (χ0n) is 13.6. The van der Waals surface area contributed by atoms with Crippen molar-refractivity contribution in [2.75, 3.05) is 14.2 Å². The molecule has 0 saturated carbocycles. The third kappa shape index (κ3) is 4.71. The number of esters is 1. The molecule has 0 atom stereocenters. The second kappa shape index (κ2) is 8.53. The number of rotatable bonds is 6. The maximum absolute atomic E-state index is 12.2. The number of carbonyl (C=O) groups is 2. The second-order valence-electron chi connectivity index (χ2n) is 5.00. The van der Waals surface area contributed by atoms with Crippen molar-refractivity contribution >= 4 is 18.0 Å². The number of benzene rings is 2. The van der Waals surface area contributed by atoms with Gasteiger partial charge in [-0.2, -0.15) is 0 Å². The molecule has 0 aliphatic rings. The van der Waals surface area contributed by atoms with Crippen molar-refractivity contribution in [2.24, 2.45) is 0 Å².